The average molecular weight is 239 g/mol. The lowest BCUT2D eigenvalue weighted by molar-refractivity contribution is 0.464. The Labute approximate surface area is 96.8 Å². The van der Waals surface area contributed by atoms with Gasteiger partial charge in [0.05, 0.1) is 0 Å². The number of hydrogen-bond acceptors (Lipinski definition) is 4. The Kier molecular flexibility index (Phi) is 4.14. The van der Waals surface area contributed by atoms with Crippen LogP contribution in [0.15, 0.2) is 17.1 Å². The van der Waals surface area contributed by atoms with Gasteiger partial charge in [0.15, 0.2) is 11.4 Å². The Bertz CT molecular complexity index is 468. The second kappa shape index (κ2) is 5.37. The van der Waals surface area contributed by atoms with Crippen LogP contribution in [0.3, 0.4) is 0 Å². The molecule has 0 unspecified atom stereocenters. The van der Waals surface area contributed by atoms with Crippen molar-refractivity contribution in [2.75, 3.05) is 6.26 Å². The van der Waals surface area contributed by atoms with Crippen molar-refractivity contribution in [3.05, 3.63) is 23.5 Å². The van der Waals surface area contributed by atoms with Crippen molar-refractivity contribution < 1.29 is 9.50 Å². The Morgan fingerprint density at radius 2 is 2.31 bits per heavy atom. The topological polar surface area (TPSA) is 68.4 Å². The first-order valence-electron chi connectivity index (χ1n) is 4.36. The number of aliphatic imine (C=N–C) groups is 1. The molecule has 0 aliphatic heterocycles. The van der Waals surface area contributed by atoms with Crippen LogP contribution in [-0.4, -0.2) is 16.5 Å². The molecule has 16 heavy (non-hydrogen) atoms. The number of amidine groups is 1. The van der Waals surface area contributed by atoms with E-state index in [1.165, 1.54) is 30.8 Å². The summed E-state index contributed by atoms with van der Waals surface area (Å²) in [7, 11) is 0. The number of phenols is 1. The van der Waals surface area contributed by atoms with E-state index < -0.39 is 5.82 Å². The molecule has 4 nitrogen and oxygen atoms in total. The maximum absolute atomic E-state index is 13.0. The molecule has 1 aromatic rings. The zero-order valence-electron chi connectivity index (χ0n) is 8.78. The molecule has 1 aromatic carbocycles. The number of nitrogens with one attached hydrogen (secondary N) is 1. The van der Waals surface area contributed by atoms with Crippen molar-refractivity contribution in [1.29, 1.82) is 5.26 Å². The van der Waals surface area contributed by atoms with E-state index in [1.54, 1.807) is 12.4 Å². The number of thioether (sulfide) groups is 1. The van der Waals surface area contributed by atoms with Gasteiger partial charge in [0, 0.05) is 5.56 Å². The first-order chi connectivity index (χ1) is 7.60. The van der Waals surface area contributed by atoms with E-state index in [0.717, 1.165) is 0 Å². The normalized spacial score (nSPS) is 11.0. The summed E-state index contributed by atoms with van der Waals surface area (Å²) in [6, 6.07) is 2.57. The molecule has 0 radical (unpaired) electrons. The summed E-state index contributed by atoms with van der Waals surface area (Å²) in [5.74, 6) is -0.707. The van der Waals surface area contributed by atoms with E-state index in [0.29, 0.717) is 5.17 Å². The van der Waals surface area contributed by atoms with Crippen molar-refractivity contribution in [2.45, 2.75) is 6.92 Å². The van der Waals surface area contributed by atoms with Gasteiger partial charge in [-0.25, -0.2) is 9.38 Å². The Balaban J connectivity index is 3.15. The Morgan fingerprint density at radius 1 is 1.62 bits per heavy atom. The molecular formula is C10H10FN3OS. The highest BCUT2D eigenvalue weighted by Gasteiger charge is 2.08. The van der Waals surface area contributed by atoms with E-state index in [-0.39, 0.29) is 17.0 Å². The lowest BCUT2D eigenvalue weighted by atomic mass is 10.2. The van der Waals surface area contributed by atoms with Crippen molar-refractivity contribution in [2.24, 2.45) is 4.99 Å². The van der Waals surface area contributed by atoms with E-state index in [9.17, 15) is 9.50 Å². The number of nitriles is 1. The predicted molar refractivity (Wildman–Crippen MR) is 62.2 cm³/mol. The fourth-order valence-electron chi connectivity index (χ4n) is 1.03. The van der Waals surface area contributed by atoms with Crippen LogP contribution in [0.25, 0.3) is 0 Å². The highest BCUT2D eigenvalue weighted by atomic mass is 32.2. The van der Waals surface area contributed by atoms with Gasteiger partial charge in [-0.05, 0) is 25.3 Å². The first-order valence-corrected chi connectivity index (χ1v) is 5.58. The number of nitrogens with zero attached hydrogens (tertiary/aromatic N) is 2. The summed E-state index contributed by atoms with van der Waals surface area (Å²) < 4.78 is 13.0. The van der Waals surface area contributed by atoms with Crippen molar-refractivity contribution in [1.82, 2.24) is 5.32 Å². The average Bonchev–Trinajstić information content (AvgIpc) is 2.29. The predicted octanol–water partition coefficient (Wildman–Crippen LogP) is 2.26. The molecule has 0 aliphatic rings. The third-order valence-corrected chi connectivity index (χ3v) is 2.50. The van der Waals surface area contributed by atoms with Crippen LogP contribution >= 0.6 is 11.8 Å². The summed E-state index contributed by atoms with van der Waals surface area (Å²) in [6.07, 6.45) is 3.46. The number of benzene rings is 1. The summed E-state index contributed by atoms with van der Waals surface area (Å²) in [4.78, 5) is 4.00. The lowest BCUT2D eigenvalue weighted by Crippen LogP contribution is -2.12. The molecule has 0 amide bonds. The van der Waals surface area contributed by atoms with E-state index in [2.05, 4.69) is 10.3 Å². The molecule has 0 aliphatic carbocycles. The number of rotatable bonds is 1. The monoisotopic (exact) mass is 239 g/mol. The molecule has 0 atom stereocenters. The van der Waals surface area contributed by atoms with Gasteiger partial charge in [-0.15, -0.1) is 0 Å². The highest BCUT2D eigenvalue weighted by molar-refractivity contribution is 8.13. The van der Waals surface area contributed by atoms with Crippen LogP contribution < -0.4 is 5.32 Å². The van der Waals surface area contributed by atoms with Crippen LogP contribution in [0.4, 0.5) is 10.1 Å². The van der Waals surface area contributed by atoms with Gasteiger partial charge < -0.3 is 5.11 Å². The Morgan fingerprint density at radius 3 is 2.88 bits per heavy atom. The first kappa shape index (κ1) is 12.3. The van der Waals surface area contributed by atoms with E-state index >= 15 is 0 Å². The lowest BCUT2D eigenvalue weighted by Gasteiger charge is -2.05. The van der Waals surface area contributed by atoms with Crippen LogP contribution in [0.5, 0.6) is 5.75 Å². The molecule has 6 heteroatoms. The third-order valence-electron chi connectivity index (χ3n) is 1.92. The van der Waals surface area contributed by atoms with Crippen LogP contribution in [0.1, 0.15) is 5.56 Å². The van der Waals surface area contributed by atoms with Crippen molar-refractivity contribution >= 4 is 22.6 Å². The zero-order chi connectivity index (χ0) is 12.1. The van der Waals surface area contributed by atoms with Gasteiger partial charge in [-0.3, -0.25) is 5.32 Å². The molecule has 0 aromatic heterocycles. The number of halogens is 1. The number of aromatic hydroxyl groups is 1. The van der Waals surface area contributed by atoms with Gasteiger partial charge in [-0.2, -0.15) is 5.26 Å². The van der Waals surface area contributed by atoms with Gasteiger partial charge >= 0.3 is 0 Å². The van der Waals surface area contributed by atoms with Crippen molar-refractivity contribution in [3.63, 3.8) is 0 Å². The van der Waals surface area contributed by atoms with Crippen LogP contribution in [-0.2, 0) is 0 Å². The second-order valence-corrected chi connectivity index (χ2v) is 3.69. The number of hydrogen-bond donors (Lipinski definition) is 2. The standard InChI is InChI=1S/C10H10FN3OS/c1-6-7(11)3-4-8(9(6)15)14-10(16-2)13-5-12/h3-4,15H,1-2H3,(H,13,14). The van der Waals surface area contributed by atoms with Gasteiger partial charge in [0.1, 0.15) is 17.3 Å². The summed E-state index contributed by atoms with van der Waals surface area (Å²) in [5.41, 5.74) is 0.365. The van der Waals surface area contributed by atoms with Crippen molar-refractivity contribution in [3.8, 4) is 11.9 Å². The smallest absolute Gasteiger partial charge is 0.183 e. The Hall–Kier alpha value is -1.74. The van der Waals surface area contributed by atoms with Gasteiger partial charge in [0.25, 0.3) is 0 Å². The molecule has 0 fully saturated rings. The molecule has 0 bridgehead atoms. The molecule has 1 rings (SSSR count). The van der Waals surface area contributed by atoms with Gasteiger partial charge in [0.2, 0.25) is 0 Å². The minimum Gasteiger partial charge on any atom is -0.505 e. The van der Waals surface area contributed by atoms with E-state index in [1.807, 2.05) is 0 Å². The molecule has 2 N–H and O–H groups in total. The third kappa shape index (κ3) is 2.64. The fourth-order valence-corrected chi connectivity index (χ4v) is 1.37. The maximum atomic E-state index is 13.0. The van der Waals surface area contributed by atoms with Crippen LogP contribution in [0, 0.1) is 24.2 Å². The summed E-state index contributed by atoms with van der Waals surface area (Å²) >= 11 is 1.22. The molecule has 84 valence electrons. The maximum Gasteiger partial charge on any atom is 0.183 e. The zero-order valence-corrected chi connectivity index (χ0v) is 9.60. The molecule has 0 spiro atoms. The van der Waals surface area contributed by atoms with Crippen LogP contribution in [0.2, 0.25) is 0 Å². The number of phenolic OH excluding ortho intramolecular Hbond substituents is 1. The minimum atomic E-state index is -0.490. The largest absolute Gasteiger partial charge is 0.505 e. The summed E-state index contributed by atoms with van der Waals surface area (Å²) in [6.45, 7) is 1.46. The van der Waals surface area contributed by atoms with Gasteiger partial charge in [-0.1, -0.05) is 11.8 Å². The van der Waals surface area contributed by atoms with E-state index in [4.69, 9.17) is 5.26 Å². The summed E-state index contributed by atoms with van der Waals surface area (Å²) in [5, 5.41) is 20.8. The fraction of sp³-hybridized carbons (Fsp3) is 0.200. The molecule has 0 heterocycles. The molecule has 0 saturated carbocycles. The second-order valence-electron chi connectivity index (χ2n) is 2.90. The molecular weight excluding hydrogens is 229 g/mol. The molecule has 0 saturated heterocycles. The quantitative estimate of drug-likeness (QED) is 0.341. The minimum absolute atomic E-state index is 0.138. The SMILES string of the molecule is CSC(=Nc1ccc(F)c(C)c1O)NC#N. The highest BCUT2D eigenvalue weighted by Crippen LogP contribution is 2.31.